The molecule has 9 heteroatoms. The third-order valence-electron chi connectivity index (χ3n) is 4.20. The Bertz CT molecular complexity index is 1160. The minimum absolute atomic E-state index is 0.0440. The number of nitrogens with zero attached hydrogens (tertiary/aromatic N) is 1. The number of rotatable bonds is 7. The Hall–Kier alpha value is -3.17. The minimum Gasteiger partial charge on any atom is -0.465 e. The predicted octanol–water partition coefficient (Wildman–Crippen LogP) is 3.68. The summed E-state index contributed by atoms with van der Waals surface area (Å²) in [6.45, 7) is 1.43. The first-order valence-corrected chi connectivity index (χ1v) is 11.2. The molecule has 7 nitrogen and oxygen atoms in total. The van der Waals surface area contributed by atoms with Crippen LogP contribution in [0.5, 0.6) is 0 Å². The van der Waals surface area contributed by atoms with Crippen molar-refractivity contribution in [2.75, 3.05) is 23.3 Å². The van der Waals surface area contributed by atoms with E-state index in [4.69, 9.17) is 4.74 Å². The molecule has 0 aliphatic heterocycles. The number of carbonyl (C=O) groups excluding carboxylic acids is 2. The molecule has 0 saturated carbocycles. The molecule has 0 aliphatic carbocycles. The highest BCUT2D eigenvalue weighted by atomic mass is 32.2. The van der Waals surface area contributed by atoms with Gasteiger partial charge in [0.1, 0.15) is 16.3 Å². The third kappa shape index (κ3) is 4.69. The number of para-hydroxylation sites is 1. The molecule has 1 aromatic heterocycles. The average Bonchev–Trinajstić information content (AvgIpc) is 3.23. The second-order valence-electron chi connectivity index (χ2n) is 6.37. The number of aryl methyl sites for hydroxylation is 1. The summed E-state index contributed by atoms with van der Waals surface area (Å²) in [6, 6.07) is 16.8. The van der Waals surface area contributed by atoms with Crippen molar-refractivity contribution in [3.8, 4) is 0 Å². The third-order valence-corrected chi connectivity index (χ3v) is 7.04. The van der Waals surface area contributed by atoms with Crippen LogP contribution in [0.4, 0.5) is 11.4 Å². The maximum absolute atomic E-state index is 13.4. The monoisotopic (exact) mass is 444 g/mol. The molecule has 30 heavy (non-hydrogen) atoms. The van der Waals surface area contributed by atoms with E-state index in [1.54, 1.807) is 48.5 Å². The Morgan fingerprint density at radius 3 is 2.47 bits per heavy atom. The standard InChI is InChI=1S/C21H20N2O5S2/c1-15-7-6-8-16(13-15)22-19(24)14-23(17-9-4-3-5-10-17)30(26,27)18-11-12-29-20(18)21(25)28-2/h3-13H,14H2,1-2H3,(H,22,24). The smallest absolute Gasteiger partial charge is 0.349 e. The van der Waals surface area contributed by atoms with Gasteiger partial charge in [-0.2, -0.15) is 0 Å². The summed E-state index contributed by atoms with van der Waals surface area (Å²) in [5.74, 6) is -1.26. The number of benzene rings is 2. The van der Waals surface area contributed by atoms with Crippen molar-refractivity contribution in [1.82, 2.24) is 0 Å². The minimum atomic E-state index is -4.21. The molecule has 0 saturated heterocycles. The normalized spacial score (nSPS) is 11.0. The number of ether oxygens (including phenoxy) is 1. The molecule has 0 unspecified atom stereocenters. The Morgan fingerprint density at radius 1 is 1.07 bits per heavy atom. The molecular formula is C21H20N2O5S2. The van der Waals surface area contributed by atoms with E-state index >= 15 is 0 Å². The number of sulfonamides is 1. The zero-order valence-electron chi connectivity index (χ0n) is 16.4. The number of anilines is 2. The van der Waals surface area contributed by atoms with Gasteiger partial charge in [-0.05, 0) is 48.2 Å². The SMILES string of the molecule is COC(=O)c1sccc1S(=O)(=O)N(CC(=O)Nc1cccc(C)c1)c1ccccc1. The molecule has 0 atom stereocenters. The zero-order valence-corrected chi connectivity index (χ0v) is 18.0. The Balaban J connectivity index is 1.96. The number of hydrogen-bond acceptors (Lipinski definition) is 6. The van der Waals surface area contributed by atoms with Crippen LogP contribution in [0.3, 0.4) is 0 Å². The van der Waals surface area contributed by atoms with Crippen molar-refractivity contribution in [2.24, 2.45) is 0 Å². The second kappa shape index (κ2) is 9.10. The molecule has 0 radical (unpaired) electrons. The van der Waals surface area contributed by atoms with Crippen LogP contribution in [0.1, 0.15) is 15.2 Å². The first kappa shape index (κ1) is 21.5. The number of nitrogens with one attached hydrogen (secondary N) is 1. The highest BCUT2D eigenvalue weighted by molar-refractivity contribution is 7.93. The number of hydrogen-bond donors (Lipinski definition) is 1. The van der Waals surface area contributed by atoms with Crippen LogP contribution in [0.15, 0.2) is 70.9 Å². The number of esters is 1. The molecule has 2 aromatic carbocycles. The maximum Gasteiger partial charge on any atom is 0.349 e. The Morgan fingerprint density at radius 2 is 1.80 bits per heavy atom. The highest BCUT2D eigenvalue weighted by Gasteiger charge is 2.32. The summed E-state index contributed by atoms with van der Waals surface area (Å²) < 4.78 is 32.5. The number of methoxy groups -OCH3 is 1. The van der Waals surface area contributed by atoms with Gasteiger partial charge in [-0.1, -0.05) is 30.3 Å². The molecule has 0 aliphatic rings. The molecular weight excluding hydrogens is 424 g/mol. The van der Waals surface area contributed by atoms with Crippen molar-refractivity contribution < 1.29 is 22.7 Å². The van der Waals surface area contributed by atoms with Crippen LogP contribution < -0.4 is 9.62 Å². The lowest BCUT2D eigenvalue weighted by Crippen LogP contribution is -2.38. The van der Waals surface area contributed by atoms with Crippen LogP contribution in [0, 0.1) is 6.92 Å². The molecule has 0 bridgehead atoms. The molecule has 0 fully saturated rings. The largest absolute Gasteiger partial charge is 0.465 e. The zero-order chi connectivity index (χ0) is 21.7. The second-order valence-corrected chi connectivity index (χ2v) is 9.12. The van der Waals surface area contributed by atoms with Crippen molar-refractivity contribution in [3.63, 3.8) is 0 Å². The first-order chi connectivity index (χ1) is 14.3. The Kier molecular flexibility index (Phi) is 6.53. The molecule has 3 aromatic rings. The fraction of sp³-hybridized carbons (Fsp3) is 0.143. The summed E-state index contributed by atoms with van der Waals surface area (Å²) in [4.78, 5) is 24.5. The lowest BCUT2D eigenvalue weighted by molar-refractivity contribution is -0.114. The summed E-state index contributed by atoms with van der Waals surface area (Å²) in [7, 11) is -3.03. The Labute approximate surface area is 179 Å². The van der Waals surface area contributed by atoms with Crippen molar-refractivity contribution in [1.29, 1.82) is 0 Å². The molecule has 3 rings (SSSR count). The topological polar surface area (TPSA) is 92.8 Å². The van der Waals surface area contributed by atoms with Crippen LogP contribution in [-0.4, -0.2) is 33.9 Å². The summed E-state index contributed by atoms with van der Waals surface area (Å²) in [5.41, 5.74) is 1.83. The van der Waals surface area contributed by atoms with E-state index in [9.17, 15) is 18.0 Å². The molecule has 1 amide bonds. The van der Waals surface area contributed by atoms with Gasteiger partial charge in [-0.3, -0.25) is 9.10 Å². The van der Waals surface area contributed by atoms with Gasteiger partial charge in [0.25, 0.3) is 10.0 Å². The van der Waals surface area contributed by atoms with E-state index in [2.05, 4.69) is 5.32 Å². The van der Waals surface area contributed by atoms with Gasteiger partial charge < -0.3 is 10.1 Å². The van der Waals surface area contributed by atoms with Crippen molar-refractivity contribution >= 4 is 44.6 Å². The van der Waals surface area contributed by atoms with Crippen LogP contribution in [-0.2, 0) is 19.6 Å². The van der Waals surface area contributed by atoms with Gasteiger partial charge in [-0.15, -0.1) is 11.3 Å². The number of amides is 1. The van der Waals surface area contributed by atoms with Crippen LogP contribution in [0.25, 0.3) is 0 Å². The van der Waals surface area contributed by atoms with Gasteiger partial charge >= 0.3 is 5.97 Å². The number of thiophene rings is 1. The van der Waals surface area contributed by atoms with Crippen LogP contribution >= 0.6 is 11.3 Å². The number of carbonyl (C=O) groups is 2. The first-order valence-electron chi connectivity index (χ1n) is 8.93. The lowest BCUT2D eigenvalue weighted by Gasteiger charge is -2.24. The van der Waals surface area contributed by atoms with Gasteiger partial charge in [0, 0.05) is 5.69 Å². The fourth-order valence-corrected chi connectivity index (χ4v) is 5.56. The quantitative estimate of drug-likeness (QED) is 0.561. The van der Waals surface area contributed by atoms with E-state index in [1.165, 1.54) is 18.6 Å². The predicted molar refractivity (Wildman–Crippen MR) is 116 cm³/mol. The average molecular weight is 445 g/mol. The van der Waals surface area contributed by atoms with Gasteiger partial charge in [-0.25, -0.2) is 13.2 Å². The molecule has 1 heterocycles. The van der Waals surface area contributed by atoms with Crippen LogP contribution in [0.2, 0.25) is 0 Å². The van der Waals surface area contributed by atoms with Gasteiger partial charge in [0.05, 0.1) is 12.8 Å². The fourth-order valence-electron chi connectivity index (χ4n) is 2.82. The van der Waals surface area contributed by atoms with E-state index < -0.39 is 28.4 Å². The van der Waals surface area contributed by atoms with Gasteiger partial charge in [0.2, 0.25) is 5.91 Å². The highest BCUT2D eigenvalue weighted by Crippen LogP contribution is 2.29. The molecule has 156 valence electrons. The van der Waals surface area contributed by atoms with E-state index in [0.29, 0.717) is 11.4 Å². The lowest BCUT2D eigenvalue weighted by atomic mass is 10.2. The van der Waals surface area contributed by atoms with E-state index in [-0.39, 0.29) is 9.77 Å². The molecule has 0 spiro atoms. The molecule has 1 N–H and O–H groups in total. The van der Waals surface area contributed by atoms with E-state index in [1.807, 2.05) is 13.0 Å². The summed E-state index contributed by atoms with van der Waals surface area (Å²) in [5, 5.41) is 4.21. The van der Waals surface area contributed by atoms with Crippen molar-refractivity contribution in [2.45, 2.75) is 11.8 Å². The van der Waals surface area contributed by atoms with Gasteiger partial charge in [0.15, 0.2) is 0 Å². The van der Waals surface area contributed by atoms with Crippen molar-refractivity contribution in [3.05, 3.63) is 76.5 Å². The summed E-state index contributed by atoms with van der Waals surface area (Å²) in [6.07, 6.45) is 0. The maximum atomic E-state index is 13.4. The summed E-state index contributed by atoms with van der Waals surface area (Å²) >= 11 is 0.964. The van der Waals surface area contributed by atoms with E-state index in [0.717, 1.165) is 21.2 Å².